The summed E-state index contributed by atoms with van der Waals surface area (Å²) in [5, 5.41) is 12.1. The monoisotopic (exact) mass is 287 g/mol. The van der Waals surface area contributed by atoms with Crippen LogP contribution in [0, 0.1) is 0 Å². The first-order valence-electron chi connectivity index (χ1n) is 7.46. The highest BCUT2D eigenvalue weighted by atomic mass is 16.2. The number of aromatic nitrogens is 3. The molecule has 0 aromatic carbocycles. The molecule has 2 aromatic heterocycles. The maximum Gasteiger partial charge on any atom is 0.219 e. The highest BCUT2D eigenvalue weighted by Gasteiger charge is 2.23. The van der Waals surface area contributed by atoms with Gasteiger partial charge in [0.1, 0.15) is 0 Å². The molecule has 0 aliphatic carbocycles. The van der Waals surface area contributed by atoms with Crippen molar-refractivity contribution in [3.05, 3.63) is 30.2 Å². The second-order valence-electron chi connectivity index (χ2n) is 5.66. The number of fused-ring (bicyclic) bond motifs is 1. The minimum Gasteiger partial charge on any atom is -0.343 e. The lowest BCUT2D eigenvalue weighted by atomic mass is 10.0. The molecule has 0 radical (unpaired) electrons. The number of pyridine rings is 1. The summed E-state index contributed by atoms with van der Waals surface area (Å²) in [7, 11) is 0. The van der Waals surface area contributed by atoms with E-state index in [-0.39, 0.29) is 11.9 Å². The molecule has 3 heterocycles. The summed E-state index contributed by atoms with van der Waals surface area (Å²) in [6, 6.07) is 6.46. The predicted molar refractivity (Wildman–Crippen MR) is 79.8 cm³/mol. The van der Waals surface area contributed by atoms with Crippen LogP contribution in [0.5, 0.6) is 0 Å². The molecule has 1 fully saturated rings. The lowest BCUT2D eigenvalue weighted by Crippen LogP contribution is -2.45. The third-order valence-electron chi connectivity index (χ3n) is 4.15. The van der Waals surface area contributed by atoms with Gasteiger partial charge in [-0.3, -0.25) is 9.20 Å². The van der Waals surface area contributed by atoms with Crippen molar-refractivity contribution in [2.75, 3.05) is 13.1 Å². The maximum absolute atomic E-state index is 11.3. The molecule has 1 saturated heterocycles. The van der Waals surface area contributed by atoms with Crippen molar-refractivity contribution in [2.45, 2.75) is 38.8 Å². The standard InChI is InChI=1S/C15H21N5O/c1-11(15-18-17-14-5-3-4-8-20(14)15)16-13-6-9-19(10-7-13)12(2)21/h3-5,8,11,13,16H,6-7,9-10H2,1-2H3. The van der Waals surface area contributed by atoms with Gasteiger partial charge in [0.2, 0.25) is 5.91 Å². The number of carbonyl (C=O) groups excluding carboxylic acids is 1. The summed E-state index contributed by atoms with van der Waals surface area (Å²) in [5.74, 6) is 1.10. The average Bonchev–Trinajstić information content (AvgIpc) is 2.92. The Kier molecular flexibility index (Phi) is 3.88. The van der Waals surface area contributed by atoms with E-state index in [1.54, 1.807) is 6.92 Å². The first-order chi connectivity index (χ1) is 10.1. The summed E-state index contributed by atoms with van der Waals surface area (Å²) < 4.78 is 2.02. The Bertz CT molecular complexity index is 630. The highest BCUT2D eigenvalue weighted by molar-refractivity contribution is 5.73. The Morgan fingerprint density at radius 1 is 1.33 bits per heavy atom. The zero-order chi connectivity index (χ0) is 14.8. The van der Waals surface area contributed by atoms with E-state index in [1.165, 1.54) is 0 Å². The molecule has 1 unspecified atom stereocenters. The lowest BCUT2D eigenvalue weighted by Gasteiger charge is -2.33. The Hall–Kier alpha value is -1.95. The molecule has 1 aliphatic rings. The van der Waals surface area contributed by atoms with Gasteiger partial charge in [0.25, 0.3) is 0 Å². The fourth-order valence-electron chi connectivity index (χ4n) is 2.94. The molecule has 3 rings (SSSR count). The molecule has 1 atom stereocenters. The number of nitrogens with zero attached hydrogens (tertiary/aromatic N) is 4. The van der Waals surface area contributed by atoms with Gasteiger partial charge in [-0.25, -0.2) is 0 Å². The second-order valence-corrected chi connectivity index (χ2v) is 5.66. The molecule has 0 spiro atoms. The Morgan fingerprint density at radius 2 is 2.10 bits per heavy atom. The van der Waals surface area contributed by atoms with Crippen LogP contribution in [0.4, 0.5) is 0 Å². The van der Waals surface area contributed by atoms with Crippen molar-refractivity contribution in [1.82, 2.24) is 24.8 Å². The number of rotatable bonds is 3. The second kappa shape index (κ2) is 5.81. The number of hydrogen-bond acceptors (Lipinski definition) is 4. The molecule has 2 aromatic rings. The summed E-state index contributed by atoms with van der Waals surface area (Å²) in [4.78, 5) is 13.3. The van der Waals surface area contributed by atoms with Crippen molar-refractivity contribution in [1.29, 1.82) is 0 Å². The molecule has 1 aliphatic heterocycles. The van der Waals surface area contributed by atoms with Crippen LogP contribution in [-0.4, -0.2) is 44.5 Å². The van der Waals surface area contributed by atoms with Crippen LogP contribution in [0.1, 0.15) is 38.6 Å². The van der Waals surface area contributed by atoms with Gasteiger partial charge >= 0.3 is 0 Å². The molecule has 1 amide bonds. The average molecular weight is 287 g/mol. The summed E-state index contributed by atoms with van der Waals surface area (Å²) in [5.41, 5.74) is 0.868. The summed E-state index contributed by atoms with van der Waals surface area (Å²) in [6.07, 6.45) is 3.96. The third kappa shape index (κ3) is 2.90. The fraction of sp³-hybridized carbons (Fsp3) is 0.533. The minimum absolute atomic E-state index is 0.135. The van der Waals surface area contributed by atoms with Crippen LogP contribution >= 0.6 is 0 Å². The van der Waals surface area contributed by atoms with Crippen molar-refractivity contribution in [3.63, 3.8) is 0 Å². The van der Waals surface area contributed by atoms with E-state index in [0.29, 0.717) is 6.04 Å². The number of likely N-dealkylation sites (tertiary alicyclic amines) is 1. The SMILES string of the molecule is CC(=O)N1CCC(NC(C)c2nnc3ccccn23)CC1. The van der Waals surface area contributed by atoms with E-state index in [0.717, 1.165) is 37.4 Å². The van der Waals surface area contributed by atoms with Gasteiger partial charge in [-0.2, -0.15) is 0 Å². The fourth-order valence-corrected chi connectivity index (χ4v) is 2.94. The maximum atomic E-state index is 11.3. The number of piperidine rings is 1. The summed E-state index contributed by atoms with van der Waals surface area (Å²) in [6.45, 7) is 5.42. The van der Waals surface area contributed by atoms with Gasteiger partial charge in [-0.1, -0.05) is 6.07 Å². The largest absolute Gasteiger partial charge is 0.343 e. The highest BCUT2D eigenvalue weighted by Crippen LogP contribution is 2.17. The van der Waals surface area contributed by atoms with Gasteiger partial charge in [-0.15, -0.1) is 10.2 Å². The summed E-state index contributed by atoms with van der Waals surface area (Å²) >= 11 is 0. The molecule has 6 heteroatoms. The van der Waals surface area contributed by atoms with Crippen molar-refractivity contribution >= 4 is 11.6 Å². The first-order valence-corrected chi connectivity index (χ1v) is 7.46. The van der Waals surface area contributed by atoms with E-state index in [4.69, 9.17) is 0 Å². The van der Waals surface area contributed by atoms with Gasteiger partial charge in [0, 0.05) is 32.3 Å². The normalized spacial score (nSPS) is 18.1. The van der Waals surface area contributed by atoms with Crippen molar-refractivity contribution in [3.8, 4) is 0 Å². The molecule has 0 bridgehead atoms. The van der Waals surface area contributed by atoms with E-state index in [9.17, 15) is 4.79 Å². The van der Waals surface area contributed by atoms with E-state index >= 15 is 0 Å². The predicted octanol–water partition coefficient (Wildman–Crippen LogP) is 1.39. The topological polar surface area (TPSA) is 62.5 Å². The van der Waals surface area contributed by atoms with Crippen LogP contribution in [-0.2, 0) is 4.79 Å². The Balaban J connectivity index is 1.64. The molecule has 0 saturated carbocycles. The van der Waals surface area contributed by atoms with Crippen molar-refractivity contribution < 1.29 is 4.79 Å². The zero-order valence-electron chi connectivity index (χ0n) is 12.5. The molecular weight excluding hydrogens is 266 g/mol. The molecule has 1 N–H and O–H groups in total. The molecule has 112 valence electrons. The van der Waals surface area contributed by atoms with Gasteiger partial charge in [0.15, 0.2) is 11.5 Å². The van der Waals surface area contributed by atoms with Gasteiger partial charge in [-0.05, 0) is 31.9 Å². The van der Waals surface area contributed by atoms with Gasteiger partial charge < -0.3 is 10.2 Å². The van der Waals surface area contributed by atoms with E-state index < -0.39 is 0 Å². The van der Waals surface area contributed by atoms with E-state index in [1.807, 2.05) is 33.7 Å². The Morgan fingerprint density at radius 3 is 2.81 bits per heavy atom. The minimum atomic E-state index is 0.135. The van der Waals surface area contributed by atoms with Crippen LogP contribution in [0.15, 0.2) is 24.4 Å². The van der Waals surface area contributed by atoms with Crippen LogP contribution in [0.2, 0.25) is 0 Å². The van der Waals surface area contributed by atoms with Gasteiger partial charge in [0.05, 0.1) is 6.04 Å². The molecule has 6 nitrogen and oxygen atoms in total. The van der Waals surface area contributed by atoms with Crippen molar-refractivity contribution in [2.24, 2.45) is 0 Å². The number of hydrogen-bond donors (Lipinski definition) is 1. The smallest absolute Gasteiger partial charge is 0.219 e. The number of carbonyl (C=O) groups is 1. The Labute approximate surface area is 124 Å². The zero-order valence-corrected chi connectivity index (χ0v) is 12.5. The molecular formula is C15H21N5O. The first kappa shape index (κ1) is 14.0. The lowest BCUT2D eigenvalue weighted by molar-refractivity contribution is -0.129. The quantitative estimate of drug-likeness (QED) is 0.926. The number of amides is 1. The third-order valence-corrected chi connectivity index (χ3v) is 4.15. The molecule has 21 heavy (non-hydrogen) atoms. The number of nitrogens with one attached hydrogen (secondary N) is 1. The van der Waals surface area contributed by atoms with Crippen LogP contribution in [0.3, 0.4) is 0 Å². The van der Waals surface area contributed by atoms with Crippen LogP contribution in [0.25, 0.3) is 5.65 Å². The van der Waals surface area contributed by atoms with E-state index in [2.05, 4.69) is 22.4 Å². The van der Waals surface area contributed by atoms with Crippen LogP contribution < -0.4 is 5.32 Å².